The lowest BCUT2D eigenvalue weighted by molar-refractivity contribution is 0.0881. The Hall–Kier alpha value is -1.29. The van der Waals surface area contributed by atoms with Crippen LogP contribution in [0.2, 0.25) is 0 Å². The molecular weight excluding hydrogens is 242 g/mol. The molecule has 0 radical (unpaired) electrons. The average molecular weight is 265 g/mol. The molecule has 1 fully saturated rings. The van der Waals surface area contributed by atoms with Gasteiger partial charge in [-0.05, 0) is 36.8 Å². The molecule has 0 bridgehead atoms. The number of aryl methyl sites for hydroxylation is 1. The Morgan fingerprint density at radius 1 is 1.37 bits per heavy atom. The smallest absolute Gasteiger partial charge is 0.287 e. The second-order valence-electron chi connectivity index (χ2n) is 5.32. The van der Waals surface area contributed by atoms with E-state index in [-0.39, 0.29) is 12.5 Å². The Morgan fingerprint density at radius 3 is 2.74 bits per heavy atom. The van der Waals surface area contributed by atoms with Crippen LogP contribution in [0.1, 0.15) is 48.9 Å². The highest BCUT2D eigenvalue weighted by Crippen LogP contribution is 2.29. The second-order valence-corrected chi connectivity index (χ2v) is 5.32. The fourth-order valence-corrected chi connectivity index (χ4v) is 2.79. The lowest BCUT2D eigenvalue weighted by atomic mass is 9.79. The topological polar surface area (TPSA) is 62.5 Å². The van der Waals surface area contributed by atoms with E-state index < -0.39 is 0 Å². The highest BCUT2D eigenvalue weighted by Gasteiger charge is 2.25. The zero-order chi connectivity index (χ0) is 13.7. The highest BCUT2D eigenvalue weighted by molar-refractivity contribution is 5.91. The molecule has 1 saturated carbocycles. The minimum absolute atomic E-state index is 0.151. The van der Waals surface area contributed by atoms with E-state index in [0.29, 0.717) is 24.1 Å². The Morgan fingerprint density at radius 2 is 2.11 bits per heavy atom. The van der Waals surface area contributed by atoms with Crippen LogP contribution in [0.15, 0.2) is 16.5 Å². The largest absolute Gasteiger partial charge is 0.456 e. The van der Waals surface area contributed by atoms with Crippen LogP contribution in [-0.4, -0.2) is 24.2 Å². The lowest BCUT2D eigenvalue weighted by Gasteiger charge is -2.30. The molecule has 1 aliphatic carbocycles. The quantitative estimate of drug-likeness (QED) is 0.859. The number of aliphatic hydroxyl groups excluding tert-OH is 1. The third kappa shape index (κ3) is 3.60. The molecule has 4 heteroatoms. The molecule has 1 aromatic rings. The number of aliphatic hydroxyl groups is 1. The summed E-state index contributed by atoms with van der Waals surface area (Å²) in [6, 6.07) is 3.56. The van der Waals surface area contributed by atoms with Crippen molar-refractivity contribution in [2.45, 2.75) is 39.0 Å². The molecule has 2 atom stereocenters. The minimum Gasteiger partial charge on any atom is -0.456 e. The summed E-state index contributed by atoms with van der Waals surface area (Å²) in [4.78, 5) is 11.9. The molecule has 0 aromatic carbocycles. The molecule has 0 aliphatic heterocycles. The minimum atomic E-state index is -0.151. The zero-order valence-electron chi connectivity index (χ0n) is 11.5. The number of hydrogen-bond donors (Lipinski definition) is 2. The number of amides is 1. The van der Waals surface area contributed by atoms with Crippen molar-refractivity contribution in [3.05, 3.63) is 23.7 Å². The molecule has 1 aromatic heterocycles. The third-order valence-electron chi connectivity index (χ3n) is 4.06. The van der Waals surface area contributed by atoms with E-state index in [2.05, 4.69) is 5.32 Å². The van der Waals surface area contributed by atoms with Crippen LogP contribution < -0.4 is 5.32 Å². The summed E-state index contributed by atoms with van der Waals surface area (Å²) in [6.45, 7) is 2.85. The molecular formula is C15H23NO3. The lowest BCUT2D eigenvalue weighted by Crippen LogP contribution is -2.35. The predicted octanol–water partition coefficient (Wildman–Crippen LogP) is 2.37. The maximum absolute atomic E-state index is 11.9. The van der Waals surface area contributed by atoms with Crippen molar-refractivity contribution in [1.82, 2.24) is 5.32 Å². The fourth-order valence-electron chi connectivity index (χ4n) is 2.79. The van der Waals surface area contributed by atoms with E-state index in [1.54, 1.807) is 6.07 Å². The average Bonchev–Trinajstić information content (AvgIpc) is 2.94. The summed E-state index contributed by atoms with van der Waals surface area (Å²) in [5.74, 6) is 1.78. The third-order valence-corrected chi connectivity index (χ3v) is 4.06. The van der Waals surface area contributed by atoms with Crippen molar-refractivity contribution in [3.63, 3.8) is 0 Å². The van der Waals surface area contributed by atoms with Gasteiger partial charge in [0.15, 0.2) is 5.76 Å². The summed E-state index contributed by atoms with van der Waals surface area (Å²) in [5, 5.41) is 12.3. The zero-order valence-corrected chi connectivity index (χ0v) is 11.5. The van der Waals surface area contributed by atoms with Crippen LogP contribution in [-0.2, 0) is 6.42 Å². The van der Waals surface area contributed by atoms with Crippen molar-refractivity contribution >= 4 is 5.91 Å². The monoisotopic (exact) mass is 265 g/mol. The Labute approximate surface area is 114 Å². The van der Waals surface area contributed by atoms with Crippen LogP contribution in [0.25, 0.3) is 0 Å². The Kier molecular flexibility index (Phi) is 5.02. The SMILES string of the molecule is CCc1ccc(C(=O)NCC2CCCCC2CO)o1. The first-order chi connectivity index (χ1) is 9.24. The number of rotatable bonds is 5. The van der Waals surface area contributed by atoms with Crippen molar-refractivity contribution in [2.24, 2.45) is 11.8 Å². The van der Waals surface area contributed by atoms with Crippen LogP contribution in [0.5, 0.6) is 0 Å². The maximum Gasteiger partial charge on any atom is 0.287 e. The van der Waals surface area contributed by atoms with Crippen molar-refractivity contribution in [1.29, 1.82) is 0 Å². The van der Waals surface area contributed by atoms with Crippen LogP contribution >= 0.6 is 0 Å². The van der Waals surface area contributed by atoms with E-state index in [4.69, 9.17) is 4.42 Å². The summed E-state index contributed by atoms with van der Waals surface area (Å²) >= 11 is 0. The molecule has 106 valence electrons. The standard InChI is InChI=1S/C15H23NO3/c1-2-13-7-8-14(19-13)15(18)16-9-11-5-3-4-6-12(11)10-17/h7-8,11-12,17H,2-6,9-10H2,1H3,(H,16,18). The molecule has 4 nitrogen and oxygen atoms in total. The summed E-state index contributed by atoms with van der Waals surface area (Å²) in [6.07, 6.45) is 5.33. The van der Waals surface area contributed by atoms with Gasteiger partial charge in [-0.25, -0.2) is 0 Å². The maximum atomic E-state index is 11.9. The van der Waals surface area contributed by atoms with Gasteiger partial charge < -0.3 is 14.8 Å². The van der Waals surface area contributed by atoms with Gasteiger partial charge in [-0.1, -0.05) is 19.8 Å². The number of hydrogen-bond acceptors (Lipinski definition) is 3. The molecule has 2 unspecified atom stereocenters. The number of carbonyl (C=O) groups excluding carboxylic acids is 1. The molecule has 1 heterocycles. The van der Waals surface area contributed by atoms with Crippen LogP contribution in [0.3, 0.4) is 0 Å². The van der Waals surface area contributed by atoms with Gasteiger partial charge in [-0.15, -0.1) is 0 Å². The van der Waals surface area contributed by atoms with Crippen LogP contribution in [0.4, 0.5) is 0 Å². The van der Waals surface area contributed by atoms with E-state index in [0.717, 1.165) is 25.0 Å². The Bertz CT molecular complexity index is 413. The van der Waals surface area contributed by atoms with Crippen molar-refractivity contribution in [2.75, 3.05) is 13.2 Å². The van der Waals surface area contributed by atoms with Crippen LogP contribution in [0, 0.1) is 11.8 Å². The molecule has 1 amide bonds. The van der Waals surface area contributed by atoms with Gasteiger partial charge in [-0.2, -0.15) is 0 Å². The van der Waals surface area contributed by atoms with E-state index in [1.165, 1.54) is 12.8 Å². The van der Waals surface area contributed by atoms with Gasteiger partial charge in [0.2, 0.25) is 0 Å². The highest BCUT2D eigenvalue weighted by atomic mass is 16.3. The molecule has 2 N–H and O–H groups in total. The van der Waals surface area contributed by atoms with E-state index in [1.807, 2.05) is 13.0 Å². The summed E-state index contributed by atoms with van der Waals surface area (Å²) in [5.41, 5.74) is 0. The first kappa shape index (κ1) is 14.1. The first-order valence-electron chi connectivity index (χ1n) is 7.22. The van der Waals surface area contributed by atoms with Gasteiger partial charge in [0.25, 0.3) is 5.91 Å². The normalized spacial score (nSPS) is 23.3. The first-order valence-corrected chi connectivity index (χ1v) is 7.22. The van der Waals surface area contributed by atoms with E-state index in [9.17, 15) is 9.90 Å². The molecule has 0 spiro atoms. The van der Waals surface area contributed by atoms with Gasteiger partial charge in [0.05, 0.1) is 0 Å². The van der Waals surface area contributed by atoms with E-state index >= 15 is 0 Å². The molecule has 2 rings (SSSR count). The Balaban J connectivity index is 1.85. The van der Waals surface area contributed by atoms with Crippen molar-refractivity contribution < 1.29 is 14.3 Å². The fraction of sp³-hybridized carbons (Fsp3) is 0.667. The second kappa shape index (κ2) is 6.75. The number of nitrogens with one attached hydrogen (secondary N) is 1. The number of furan rings is 1. The van der Waals surface area contributed by atoms with Gasteiger partial charge in [0, 0.05) is 19.6 Å². The number of carbonyl (C=O) groups is 1. The molecule has 19 heavy (non-hydrogen) atoms. The molecule has 1 aliphatic rings. The van der Waals surface area contributed by atoms with Crippen molar-refractivity contribution in [3.8, 4) is 0 Å². The molecule has 0 saturated heterocycles. The summed E-state index contributed by atoms with van der Waals surface area (Å²) < 4.78 is 5.43. The van der Waals surface area contributed by atoms with Gasteiger partial charge in [-0.3, -0.25) is 4.79 Å². The predicted molar refractivity (Wildman–Crippen MR) is 73.0 cm³/mol. The van der Waals surface area contributed by atoms with Gasteiger partial charge >= 0.3 is 0 Å². The summed E-state index contributed by atoms with van der Waals surface area (Å²) in [7, 11) is 0. The van der Waals surface area contributed by atoms with Gasteiger partial charge in [0.1, 0.15) is 5.76 Å².